The van der Waals surface area contributed by atoms with Gasteiger partial charge in [0.25, 0.3) is 0 Å². The van der Waals surface area contributed by atoms with Crippen LogP contribution in [0.1, 0.15) is 32.1 Å². The Kier molecular flexibility index (Phi) is 12.7. The van der Waals surface area contributed by atoms with Crippen LogP contribution in [0.25, 0.3) is 6.15 Å². The molecule has 78 valence electrons. The summed E-state index contributed by atoms with van der Waals surface area (Å²) in [5.41, 5.74) is 0. The zero-order chi connectivity index (χ0) is 8.74. The molecular formula is C6H13Cl4MoN-2. The van der Waals surface area contributed by atoms with Gasteiger partial charge in [0.05, 0.1) is 0 Å². The van der Waals surface area contributed by atoms with Crippen LogP contribution in [0.5, 0.6) is 0 Å². The van der Waals surface area contributed by atoms with Crippen LogP contribution >= 0.6 is 37.7 Å². The van der Waals surface area contributed by atoms with Gasteiger partial charge in [-0.3, -0.25) is 0 Å². The Morgan fingerprint density at radius 1 is 0.833 bits per heavy atom. The van der Waals surface area contributed by atoms with Gasteiger partial charge >= 0.3 is 49.6 Å². The molecule has 0 amide bonds. The molecule has 0 spiro atoms. The quantitative estimate of drug-likeness (QED) is 0.406. The smallest absolute Gasteiger partial charge is 0.693 e. The number of nitrogens with two attached hydrogens (primary N) is 1. The van der Waals surface area contributed by atoms with Crippen molar-refractivity contribution in [3.63, 3.8) is 0 Å². The minimum atomic E-state index is -3.13. The molecule has 1 fully saturated rings. The zero-order valence-corrected chi connectivity index (χ0v) is 11.6. The Balaban J connectivity index is 0. The molecule has 0 aromatic rings. The Morgan fingerprint density at radius 2 is 1.17 bits per heavy atom. The van der Waals surface area contributed by atoms with Crippen LogP contribution in [0.3, 0.4) is 0 Å². The van der Waals surface area contributed by atoms with Gasteiger partial charge in [-0.1, -0.05) is 19.3 Å². The fourth-order valence-electron chi connectivity index (χ4n) is 0.898. The maximum atomic E-state index is 5.02. The predicted octanol–water partition coefficient (Wildman–Crippen LogP) is 5.63. The number of hydrogen-bond donors (Lipinski definition) is 0. The van der Waals surface area contributed by atoms with Gasteiger partial charge < -0.3 is 12.6 Å². The third-order valence-corrected chi connectivity index (χ3v) is 1.32. The van der Waals surface area contributed by atoms with Crippen LogP contribution in [0.15, 0.2) is 0 Å². The summed E-state index contributed by atoms with van der Waals surface area (Å²) in [6.45, 7) is 0. The molecule has 0 saturated heterocycles. The molecule has 0 aromatic heterocycles. The summed E-state index contributed by atoms with van der Waals surface area (Å²) in [6.07, 6.45) is 9.50. The van der Waals surface area contributed by atoms with Gasteiger partial charge in [0.15, 0.2) is 0 Å². The molecule has 0 radical (unpaired) electrons. The van der Waals surface area contributed by atoms with Crippen LogP contribution in [0.2, 0.25) is 0 Å². The van der Waals surface area contributed by atoms with Gasteiger partial charge in [-0.25, -0.2) is 0 Å². The molecule has 0 aliphatic heterocycles. The summed E-state index contributed by atoms with van der Waals surface area (Å²) in [4.78, 5) is 0. The molecule has 1 nitrogen and oxygen atoms in total. The predicted molar refractivity (Wildman–Crippen MR) is 56.1 cm³/mol. The standard InChI is InChI=1S/C6H11.4ClH.Mo.H2N/c1-2-4-6-5-3-1;;;;;;/h1H,2-6H2;4*1H;;1H2/q-1;;;;;+4;-1/p-4. The minimum absolute atomic E-state index is 0. The first-order valence-electron chi connectivity index (χ1n) is 3.43. The SMILES string of the molecule is [CH-]1CCCCC1.[Cl][Mo]([Cl])([Cl])[Cl].[NH2-]. The van der Waals surface area contributed by atoms with E-state index in [2.05, 4.69) is 6.42 Å². The van der Waals surface area contributed by atoms with E-state index in [0.717, 1.165) is 0 Å². The maximum Gasteiger partial charge on any atom is -0.693 e. The van der Waals surface area contributed by atoms with Crippen molar-refractivity contribution in [3.8, 4) is 0 Å². The van der Waals surface area contributed by atoms with E-state index in [9.17, 15) is 0 Å². The molecule has 0 bridgehead atoms. The fraction of sp³-hybridized carbons (Fsp3) is 0.833. The second kappa shape index (κ2) is 9.37. The van der Waals surface area contributed by atoms with E-state index in [1.54, 1.807) is 0 Å². The molecule has 1 rings (SSSR count). The van der Waals surface area contributed by atoms with Crippen molar-refractivity contribution in [3.05, 3.63) is 12.6 Å². The summed E-state index contributed by atoms with van der Waals surface area (Å²) in [5.74, 6) is 0. The summed E-state index contributed by atoms with van der Waals surface area (Å²) >= 11 is -3.13. The zero-order valence-electron chi connectivity index (χ0n) is 6.61. The van der Waals surface area contributed by atoms with Crippen molar-refractivity contribution in [2.24, 2.45) is 0 Å². The molecule has 1 aliphatic rings. The molecule has 0 atom stereocenters. The van der Waals surface area contributed by atoms with Gasteiger partial charge in [-0.2, -0.15) is 12.8 Å². The van der Waals surface area contributed by atoms with Crippen molar-refractivity contribution < 1.29 is 11.9 Å². The normalized spacial score (nSPS) is 18.3. The van der Waals surface area contributed by atoms with Crippen LogP contribution in [-0.4, -0.2) is 0 Å². The number of hydrogen-bond acceptors (Lipinski definition) is 0. The van der Waals surface area contributed by atoms with E-state index in [1.807, 2.05) is 0 Å². The van der Waals surface area contributed by atoms with Gasteiger partial charge in [0, 0.05) is 0 Å². The van der Waals surface area contributed by atoms with Crippen LogP contribution in [0, 0.1) is 6.42 Å². The average Bonchev–Trinajstić information content (AvgIpc) is 1.88. The molecule has 6 heteroatoms. The topological polar surface area (TPSA) is 33.5 Å². The Morgan fingerprint density at radius 3 is 1.25 bits per heavy atom. The Hall–Kier alpha value is 1.81. The molecule has 1 saturated carbocycles. The summed E-state index contributed by atoms with van der Waals surface area (Å²) in [6, 6.07) is 0. The third kappa shape index (κ3) is 22.6. The maximum absolute atomic E-state index is 5.02. The second-order valence-electron chi connectivity index (χ2n) is 2.28. The first-order valence-corrected chi connectivity index (χ1v) is 13.8. The van der Waals surface area contributed by atoms with Gasteiger partial charge in [-0.05, 0) is 0 Å². The van der Waals surface area contributed by atoms with E-state index in [0.29, 0.717) is 0 Å². The monoisotopic (exact) mass is 337 g/mol. The second-order valence-corrected chi connectivity index (χ2v) is 20.6. The summed E-state index contributed by atoms with van der Waals surface area (Å²) < 4.78 is 0. The summed E-state index contributed by atoms with van der Waals surface area (Å²) in [7, 11) is 20.1. The van der Waals surface area contributed by atoms with E-state index in [-0.39, 0.29) is 6.15 Å². The minimum Gasteiger partial charge on any atom is -0.693 e. The van der Waals surface area contributed by atoms with E-state index >= 15 is 0 Å². The van der Waals surface area contributed by atoms with Crippen molar-refractivity contribution in [2.75, 3.05) is 0 Å². The molecule has 0 heterocycles. The van der Waals surface area contributed by atoms with Crippen molar-refractivity contribution in [1.29, 1.82) is 0 Å². The van der Waals surface area contributed by atoms with E-state index in [4.69, 9.17) is 37.7 Å². The molecule has 12 heavy (non-hydrogen) atoms. The van der Waals surface area contributed by atoms with Crippen LogP contribution in [-0.2, 0) is 11.9 Å². The van der Waals surface area contributed by atoms with Gasteiger partial charge in [0.1, 0.15) is 0 Å². The fourth-order valence-corrected chi connectivity index (χ4v) is 0.898. The van der Waals surface area contributed by atoms with Gasteiger partial charge in [-0.15, -0.1) is 0 Å². The van der Waals surface area contributed by atoms with Crippen LogP contribution < -0.4 is 0 Å². The van der Waals surface area contributed by atoms with Gasteiger partial charge in [0.2, 0.25) is 0 Å². The summed E-state index contributed by atoms with van der Waals surface area (Å²) in [5, 5.41) is 0. The third-order valence-electron chi connectivity index (χ3n) is 1.32. The molecule has 0 unspecified atom stereocenters. The molecule has 0 aromatic carbocycles. The van der Waals surface area contributed by atoms with Crippen molar-refractivity contribution in [2.45, 2.75) is 32.1 Å². The largest absolute Gasteiger partial charge is 0.693 e. The Bertz CT molecular complexity index is 74.5. The number of rotatable bonds is 0. The average molecular weight is 337 g/mol. The number of halogens is 4. The molecule has 1 aliphatic carbocycles. The molecule has 2 N–H and O–H groups in total. The molecular weight excluding hydrogens is 324 g/mol. The van der Waals surface area contributed by atoms with Crippen molar-refractivity contribution >= 4 is 37.7 Å². The van der Waals surface area contributed by atoms with E-state index < -0.39 is 11.9 Å². The van der Waals surface area contributed by atoms with Crippen LogP contribution in [0.4, 0.5) is 0 Å². The van der Waals surface area contributed by atoms with Crippen molar-refractivity contribution in [1.82, 2.24) is 0 Å². The first kappa shape index (κ1) is 16.2. The Labute approximate surface area is 93.6 Å². The van der Waals surface area contributed by atoms with E-state index in [1.165, 1.54) is 32.1 Å². The first-order chi connectivity index (χ1) is 5.00.